The van der Waals surface area contributed by atoms with Crippen molar-refractivity contribution in [1.82, 2.24) is 9.97 Å². The molecule has 0 amide bonds. The van der Waals surface area contributed by atoms with Crippen molar-refractivity contribution in [3.05, 3.63) is 75.8 Å². The fourth-order valence-corrected chi connectivity index (χ4v) is 3.73. The molecule has 0 aliphatic rings. The number of aryl methyl sites for hydroxylation is 1. The number of nitrogens with one attached hydrogen (secondary N) is 1. The fraction of sp³-hybridized carbons (Fsp3) is 0.417. The van der Waals surface area contributed by atoms with E-state index >= 15 is 0 Å². The van der Waals surface area contributed by atoms with Crippen molar-refractivity contribution in [3.8, 4) is 0 Å². The minimum Gasteiger partial charge on any atom is -0.331 e. The molecule has 0 saturated carbocycles. The lowest BCUT2D eigenvalue weighted by atomic mass is 9.93. The van der Waals surface area contributed by atoms with E-state index < -0.39 is 0 Å². The summed E-state index contributed by atoms with van der Waals surface area (Å²) in [5.41, 5.74) is 3.41. The average Bonchev–Trinajstić information content (AvgIpc) is 2.70. The highest BCUT2D eigenvalue weighted by molar-refractivity contribution is 5.77. The van der Waals surface area contributed by atoms with Crippen LogP contribution in [0.5, 0.6) is 0 Å². The third kappa shape index (κ3) is 4.68. The molecule has 0 saturated heterocycles. The van der Waals surface area contributed by atoms with E-state index in [2.05, 4.69) is 62.3 Å². The van der Waals surface area contributed by atoms with Gasteiger partial charge >= 0.3 is 0 Å². The summed E-state index contributed by atoms with van der Waals surface area (Å²) in [5.74, 6) is 1.20. The van der Waals surface area contributed by atoms with Crippen LogP contribution in [-0.2, 0) is 6.42 Å². The highest BCUT2D eigenvalue weighted by Crippen LogP contribution is 2.20. The maximum Gasteiger partial charge on any atom is 0.258 e. The second-order valence-corrected chi connectivity index (χ2v) is 8.06. The number of H-pyrrole nitrogens is 1. The van der Waals surface area contributed by atoms with E-state index in [1.807, 2.05) is 24.3 Å². The molecule has 2 aromatic carbocycles. The SMILES string of the molecule is CCCCc1ccc([C@H]([NH2+][C@H](C)c2nc3ccccc3c(=O)[nH]2)C(C)C)cc1. The van der Waals surface area contributed by atoms with E-state index in [-0.39, 0.29) is 11.6 Å². The Hall–Kier alpha value is -2.46. The first-order valence-corrected chi connectivity index (χ1v) is 10.4. The standard InChI is InChI=1S/C24H31N3O/c1-5-6-9-18-12-14-19(15-13-18)22(16(2)3)25-17(4)23-26-21-11-8-7-10-20(21)24(28)27-23/h7-8,10-17,22,25H,5-6,9H2,1-4H3,(H,26,27,28)/p+1/t17-,22-/m1/s1. The summed E-state index contributed by atoms with van der Waals surface area (Å²) in [7, 11) is 0. The summed E-state index contributed by atoms with van der Waals surface area (Å²) in [6, 6.07) is 16.9. The molecule has 3 rings (SSSR count). The summed E-state index contributed by atoms with van der Waals surface area (Å²) >= 11 is 0. The van der Waals surface area contributed by atoms with Crippen LogP contribution in [0.2, 0.25) is 0 Å². The van der Waals surface area contributed by atoms with E-state index in [9.17, 15) is 4.79 Å². The van der Waals surface area contributed by atoms with Crippen LogP contribution in [0, 0.1) is 5.92 Å². The van der Waals surface area contributed by atoms with E-state index in [0.29, 0.717) is 17.3 Å². The number of nitrogens with zero attached hydrogens (tertiary/aromatic N) is 1. The largest absolute Gasteiger partial charge is 0.331 e. The number of unbranched alkanes of at least 4 members (excludes halogenated alkanes) is 1. The molecule has 0 radical (unpaired) electrons. The van der Waals surface area contributed by atoms with Crippen molar-refractivity contribution in [2.75, 3.05) is 0 Å². The van der Waals surface area contributed by atoms with Gasteiger partial charge in [-0.25, -0.2) is 4.98 Å². The number of hydrogen-bond acceptors (Lipinski definition) is 2. The summed E-state index contributed by atoms with van der Waals surface area (Å²) < 4.78 is 0. The number of aromatic nitrogens is 2. The molecule has 4 nitrogen and oxygen atoms in total. The van der Waals surface area contributed by atoms with Gasteiger partial charge in [-0.1, -0.05) is 63.6 Å². The fourth-order valence-electron chi connectivity index (χ4n) is 3.73. The monoisotopic (exact) mass is 378 g/mol. The van der Waals surface area contributed by atoms with Crippen molar-refractivity contribution in [2.24, 2.45) is 5.92 Å². The first-order valence-electron chi connectivity index (χ1n) is 10.4. The molecule has 4 heteroatoms. The third-order valence-electron chi connectivity index (χ3n) is 5.46. The lowest BCUT2D eigenvalue weighted by Crippen LogP contribution is -2.87. The van der Waals surface area contributed by atoms with Crippen LogP contribution in [0.3, 0.4) is 0 Å². The molecule has 0 spiro atoms. The zero-order chi connectivity index (χ0) is 20.1. The molecule has 3 aromatic rings. The van der Waals surface area contributed by atoms with Crippen LogP contribution in [0.1, 0.15) is 69.6 Å². The Morgan fingerprint density at radius 1 is 1.04 bits per heavy atom. The van der Waals surface area contributed by atoms with Gasteiger partial charge in [0.25, 0.3) is 5.56 Å². The van der Waals surface area contributed by atoms with Gasteiger partial charge in [0.15, 0.2) is 5.82 Å². The molecule has 3 N–H and O–H groups in total. The maximum atomic E-state index is 12.4. The van der Waals surface area contributed by atoms with Gasteiger partial charge in [-0.15, -0.1) is 0 Å². The molecule has 0 unspecified atom stereocenters. The lowest BCUT2D eigenvalue weighted by Gasteiger charge is -2.23. The van der Waals surface area contributed by atoms with E-state index in [1.165, 1.54) is 24.0 Å². The minimum absolute atomic E-state index is 0.0597. The van der Waals surface area contributed by atoms with Crippen LogP contribution in [0.4, 0.5) is 0 Å². The van der Waals surface area contributed by atoms with Gasteiger partial charge in [-0.2, -0.15) is 0 Å². The predicted molar refractivity (Wildman–Crippen MR) is 115 cm³/mol. The van der Waals surface area contributed by atoms with Crippen molar-refractivity contribution in [1.29, 1.82) is 0 Å². The third-order valence-corrected chi connectivity index (χ3v) is 5.46. The van der Waals surface area contributed by atoms with Gasteiger partial charge in [0.1, 0.15) is 12.1 Å². The molecule has 0 bridgehead atoms. The molecular weight excluding hydrogens is 346 g/mol. The number of fused-ring (bicyclic) bond motifs is 1. The highest BCUT2D eigenvalue weighted by Gasteiger charge is 2.24. The topological polar surface area (TPSA) is 62.4 Å². The van der Waals surface area contributed by atoms with Gasteiger partial charge in [-0.05, 0) is 37.5 Å². The lowest BCUT2D eigenvalue weighted by molar-refractivity contribution is -0.738. The smallest absolute Gasteiger partial charge is 0.258 e. The van der Waals surface area contributed by atoms with Crippen LogP contribution in [0.25, 0.3) is 10.9 Å². The number of aromatic amines is 1. The van der Waals surface area contributed by atoms with Gasteiger partial charge in [0.2, 0.25) is 0 Å². The molecule has 148 valence electrons. The maximum absolute atomic E-state index is 12.4. The Balaban J connectivity index is 1.81. The number of hydrogen-bond donors (Lipinski definition) is 2. The summed E-state index contributed by atoms with van der Waals surface area (Å²) in [6.45, 7) is 8.83. The van der Waals surface area contributed by atoms with E-state index in [4.69, 9.17) is 4.98 Å². The highest BCUT2D eigenvalue weighted by atomic mass is 16.1. The summed E-state index contributed by atoms with van der Waals surface area (Å²) in [6.07, 6.45) is 3.60. The normalized spacial score (nSPS) is 13.8. The summed E-state index contributed by atoms with van der Waals surface area (Å²) in [5, 5.41) is 2.96. The zero-order valence-corrected chi connectivity index (χ0v) is 17.4. The van der Waals surface area contributed by atoms with Gasteiger partial charge in [-0.3, -0.25) is 4.79 Å². The zero-order valence-electron chi connectivity index (χ0n) is 17.4. The Kier molecular flexibility index (Phi) is 6.63. The molecule has 0 aliphatic carbocycles. The first kappa shape index (κ1) is 20.3. The number of nitrogens with two attached hydrogens (primary N) is 1. The van der Waals surface area contributed by atoms with Crippen molar-refractivity contribution >= 4 is 10.9 Å². The average molecular weight is 379 g/mol. The van der Waals surface area contributed by atoms with Gasteiger partial charge in [0, 0.05) is 11.5 Å². The Morgan fingerprint density at radius 3 is 2.43 bits per heavy atom. The quantitative estimate of drug-likeness (QED) is 0.614. The molecule has 1 heterocycles. The molecule has 0 aliphatic heterocycles. The van der Waals surface area contributed by atoms with Crippen molar-refractivity contribution < 1.29 is 5.32 Å². The number of rotatable bonds is 8. The van der Waals surface area contributed by atoms with E-state index in [0.717, 1.165) is 17.8 Å². The molecule has 28 heavy (non-hydrogen) atoms. The van der Waals surface area contributed by atoms with Crippen molar-refractivity contribution in [2.45, 2.75) is 59.0 Å². The van der Waals surface area contributed by atoms with Crippen LogP contribution < -0.4 is 10.9 Å². The second kappa shape index (κ2) is 9.16. The molecular formula is C24H32N3O+. The molecule has 2 atom stereocenters. The molecule has 0 fully saturated rings. The predicted octanol–water partition coefficient (Wildman–Crippen LogP) is 4.29. The van der Waals surface area contributed by atoms with Gasteiger partial charge in [0.05, 0.1) is 10.9 Å². The van der Waals surface area contributed by atoms with Crippen LogP contribution in [0.15, 0.2) is 53.3 Å². The second-order valence-electron chi connectivity index (χ2n) is 8.06. The molecule has 1 aromatic heterocycles. The first-order chi connectivity index (χ1) is 13.5. The number of benzene rings is 2. The van der Waals surface area contributed by atoms with Crippen LogP contribution >= 0.6 is 0 Å². The number of para-hydroxylation sites is 1. The Morgan fingerprint density at radius 2 is 1.75 bits per heavy atom. The number of quaternary nitrogens is 1. The summed E-state index contributed by atoms with van der Waals surface area (Å²) in [4.78, 5) is 20.1. The minimum atomic E-state index is -0.0674. The van der Waals surface area contributed by atoms with E-state index in [1.54, 1.807) is 0 Å². The Labute approximate surface area is 167 Å². The Bertz CT molecular complexity index is 959. The van der Waals surface area contributed by atoms with Gasteiger partial charge < -0.3 is 10.3 Å². The van der Waals surface area contributed by atoms with Crippen LogP contribution in [-0.4, -0.2) is 9.97 Å². The van der Waals surface area contributed by atoms with Crippen molar-refractivity contribution in [3.63, 3.8) is 0 Å².